The van der Waals surface area contributed by atoms with Crippen LogP contribution in [-0.4, -0.2) is 17.0 Å². The molecule has 0 saturated carbocycles. The lowest BCUT2D eigenvalue weighted by atomic mass is 10.1. The molecule has 1 aromatic heterocycles. The van der Waals surface area contributed by atoms with E-state index in [1.807, 2.05) is 18.2 Å². The highest BCUT2D eigenvalue weighted by Gasteiger charge is 2.18. The number of nitro groups is 1. The first-order chi connectivity index (χ1) is 8.22. The van der Waals surface area contributed by atoms with Crippen LogP contribution < -0.4 is 4.74 Å². The lowest BCUT2D eigenvalue weighted by molar-refractivity contribution is -0.388. The Morgan fingerprint density at radius 2 is 1.88 bits per heavy atom. The number of ether oxygens (including phenoxy) is 1. The first-order valence-electron chi connectivity index (χ1n) is 4.97. The monoisotopic (exact) mass is 230 g/mol. The minimum atomic E-state index is -0.509. The standard InChI is InChI=1S/C12H10N2O3/c1-17-11-8-7-10(12(13-11)14(15)16)9-5-3-2-4-6-9/h2-8H,1H3. The van der Waals surface area contributed by atoms with Gasteiger partial charge < -0.3 is 14.9 Å². The summed E-state index contributed by atoms with van der Waals surface area (Å²) in [6.45, 7) is 0. The van der Waals surface area contributed by atoms with Gasteiger partial charge in [-0.1, -0.05) is 30.3 Å². The summed E-state index contributed by atoms with van der Waals surface area (Å²) in [6, 6.07) is 12.3. The molecule has 0 radical (unpaired) electrons. The summed E-state index contributed by atoms with van der Waals surface area (Å²) in [5.41, 5.74) is 1.24. The molecule has 0 aliphatic rings. The fourth-order valence-electron chi connectivity index (χ4n) is 1.53. The Morgan fingerprint density at radius 3 is 2.47 bits per heavy atom. The normalized spacial score (nSPS) is 9.94. The Hall–Kier alpha value is -2.43. The molecule has 0 aliphatic heterocycles. The quantitative estimate of drug-likeness (QED) is 0.600. The van der Waals surface area contributed by atoms with Crippen molar-refractivity contribution in [2.45, 2.75) is 0 Å². The van der Waals surface area contributed by atoms with Crippen molar-refractivity contribution in [3.63, 3.8) is 0 Å². The highest BCUT2D eigenvalue weighted by Crippen LogP contribution is 2.29. The van der Waals surface area contributed by atoms with E-state index < -0.39 is 4.92 Å². The van der Waals surface area contributed by atoms with E-state index in [1.165, 1.54) is 7.11 Å². The van der Waals surface area contributed by atoms with Crippen molar-refractivity contribution in [3.05, 3.63) is 52.6 Å². The van der Waals surface area contributed by atoms with Gasteiger partial charge in [-0.2, -0.15) is 0 Å². The SMILES string of the molecule is COc1ccc(-c2ccccc2)c([N+](=O)[O-])n1. The zero-order chi connectivity index (χ0) is 12.3. The van der Waals surface area contributed by atoms with E-state index in [0.717, 1.165) is 5.56 Å². The summed E-state index contributed by atoms with van der Waals surface area (Å²) in [7, 11) is 1.42. The number of rotatable bonds is 3. The van der Waals surface area contributed by atoms with Crippen LogP contribution in [0, 0.1) is 10.1 Å². The molecule has 0 fully saturated rings. The molecule has 2 aromatic rings. The van der Waals surface area contributed by atoms with Gasteiger partial charge in [-0.3, -0.25) is 0 Å². The van der Waals surface area contributed by atoms with Crippen LogP contribution in [0.1, 0.15) is 0 Å². The zero-order valence-electron chi connectivity index (χ0n) is 9.16. The topological polar surface area (TPSA) is 65.3 Å². The molecule has 86 valence electrons. The molecule has 0 N–H and O–H groups in total. The van der Waals surface area contributed by atoms with E-state index in [-0.39, 0.29) is 11.7 Å². The first-order valence-corrected chi connectivity index (χ1v) is 4.97. The molecule has 1 aromatic carbocycles. The summed E-state index contributed by atoms with van der Waals surface area (Å²) in [6.07, 6.45) is 0. The Kier molecular flexibility index (Phi) is 3.00. The van der Waals surface area contributed by atoms with Crippen LogP contribution in [0.2, 0.25) is 0 Å². The Balaban J connectivity index is 2.58. The van der Waals surface area contributed by atoms with Gasteiger partial charge in [-0.05, 0) is 16.6 Å². The maximum absolute atomic E-state index is 11.0. The summed E-state index contributed by atoms with van der Waals surface area (Å²) < 4.78 is 4.88. The molecule has 5 nitrogen and oxygen atoms in total. The molecule has 0 atom stereocenters. The maximum Gasteiger partial charge on any atom is 0.375 e. The minimum absolute atomic E-state index is 0.199. The van der Waals surface area contributed by atoms with Crippen molar-refractivity contribution < 1.29 is 9.66 Å². The van der Waals surface area contributed by atoms with Crippen molar-refractivity contribution >= 4 is 5.82 Å². The van der Waals surface area contributed by atoms with Crippen molar-refractivity contribution in [1.29, 1.82) is 0 Å². The van der Waals surface area contributed by atoms with Gasteiger partial charge in [-0.15, -0.1) is 0 Å². The molecule has 0 bridgehead atoms. The molecule has 5 heteroatoms. The second kappa shape index (κ2) is 4.61. The highest BCUT2D eigenvalue weighted by molar-refractivity contribution is 5.71. The van der Waals surface area contributed by atoms with Gasteiger partial charge in [-0.25, -0.2) is 0 Å². The van der Waals surface area contributed by atoms with E-state index in [9.17, 15) is 10.1 Å². The molecule has 0 saturated heterocycles. The second-order valence-corrected chi connectivity index (χ2v) is 3.35. The summed E-state index contributed by atoms with van der Waals surface area (Å²) in [5, 5.41) is 11.0. The van der Waals surface area contributed by atoms with Crippen molar-refractivity contribution in [2.24, 2.45) is 0 Å². The number of pyridine rings is 1. The van der Waals surface area contributed by atoms with E-state index in [4.69, 9.17) is 4.74 Å². The number of hydrogen-bond donors (Lipinski definition) is 0. The molecule has 17 heavy (non-hydrogen) atoms. The molecule has 0 spiro atoms. The summed E-state index contributed by atoms with van der Waals surface area (Å²) in [5.74, 6) is 0.0342. The van der Waals surface area contributed by atoms with E-state index in [2.05, 4.69) is 4.98 Å². The Morgan fingerprint density at radius 1 is 1.18 bits per heavy atom. The fourth-order valence-corrected chi connectivity index (χ4v) is 1.53. The molecule has 0 unspecified atom stereocenters. The van der Waals surface area contributed by atoms with Gasteiger partial charge in [0.15, 0.2) is 0 Å². The summed E-state index contributed by atoms with van der Waals surface area (Å²) in [4.78, 5) is 14.3. The third-order valence-corrected chi connectivity index (χ3v) is 2.32. The van der Waals surface area contributed by atoms with Crippen LogP contribution in [0.3, 0.4) is 0 Å². The third-order valence-electron chi connectivity index (χ3n) is 2.32. The molecule has 1 heterocycles. The number of aromatic nitrogens is 1. The van der Waals surface area contributed by atoms with Crippen molar-refractivity contribution in [1.82, 2.24) is 4.98 Å². The van der Waals surface area contributed by atoms with E-state index in [1.54, 1.807) is 24.3 Å². The Bertz CT molecular complexity index is 541. The van der Waals surface area contributed by atoms with Crippen LogP contribution >= 0.6 is 0 Å². The molecular weight excluding hydrogens is 220 g/mol. The predicted molar refractivity (Wildman–Crippen MR) is 62.9 cm³/mol. The highest BCUT2D eigenvalue weighted by atomic mass is 16.6. The summed E-state index contributed by atoms with van der Waals surface area (Å²) >= 11 is 0. The van der Waals surface area contributed by atoms with Gasteiger partial charge in [0.25, 0.3) is 0 Å². The smallest absolute Gasteiger partial charge is 0.375 e. The first kappa shape index (κ1) is 11.1. The molecule has 2 rings (SSSR count). The average molecular weight is 230 g/mol. The fraction of sp³-hybridized carbons (Fsp3) is 0.0833. The Labute approximate surface area is 97.8 Å². The van der Waals surface area contributed by atoms with Gasteiger partial charge in [0.2, 0.25) is 0 Å². The number of methoxy groups -OCH3 is 1. The van der Waals surface area contributed by atoms with E-state index in [0.29, 0.717) is 5.56 Å². The number of nitrogens with zero attached hydrogens (tertiary/aromatic N) is 2. The predicted octanol–water partition coefficient (Wildman–Crippen LogP) is 2.67. The number of hydrogen-bond acceptors (Lipinski definition) is 4. The zero-order valence-corrected chi connectivity index (χ0v) is 9.16. The van der Waals surface area contributed by atoms with Crippen LogP contribution in [0.15, 0.2) is 42.5 Å². The van der Waals surface area contributed by atoms with Crippen molar-refractivity contribution in [3.8, 4) is 17.0 Å². The average Bonchev–Trinajstić information content (AvgIpc) is 2.39. The lowest BCUT2D eigenvalue weighted by Crippen LogP contribution is -1.97. The second-order valence-electron chi connectivity index (χ2n) is 3.35. The van der Waals surface area contributed by atoms with Crippen LogP contribution in [0.4, 0.5) is 5.82 Å². The minimum Gasteiger partial charge on any atom is -0.463 e. The van der Waals surface area contributed by atoms with Gasteiger partial charge in [0, 0.05) is 11.1 Å². The van der Waals surface area contributed by atoms with Crippen molar-refractivity contribution in [2.75, 3.05) is 7.11 Å². The lowest BCUT2D eigenvalue weighted by Gasteiger charge is -2.03. The van der Waals surface area contributed by atoms with Gasteiger partial charge in [0.1, 0.15) is 0 Å². The van der Waals surface area contributed by atoms with E-state index >= 15 is 0 Å². The van der Waals surface area contributed by atoms with Gasteiger partial charge in [0.05, 0.1) is 12.7 Å². The maximum atomic E-state index is 11.0. The number of benzene rings is 1. The van der Waals surface area contributed by atoms with Crippen LogP contribution in [0.5, 0.6) is 5.88 Å². The third kappa shape index (κ3) is 2.23. The molecule has 0 aliphatic carbocycles. The van der Waals surface area contributed by atoms with Crippen LogP contribution in [0.25, 0.3) is 11.1 Å². The van der Waals surface area contributed by atoms with Crippen LogP contribution in [-0.2, 0) is 0 Å². The molecular formula is C12H10N2O3. The largest absolute Gasteiger partial charge is 0.463 e. The van der Waals surface area contributed by atoms with Gasteiger partial charge >= 0.3 is 11.7 Å². The molecule has 0 amide bonds.